The fourth-order valence-electron chi connectivity index (χ4n) is 0.950. The lowest BCUT2D eigenvalue weighted by molar-refractivity contribution is 0.629. The van der Waals surface area contributed by atoms with Gasteiger partial charge in [0.2, 0.25) is 0 Å². The van der Waals surface area contributed by atoms with Crippen molar-refractivity contribution in [2.75, 3.05) is 5.75 Å². The Balaban J connectivity index is 3.02. The Morgan fingerprint density at radius 1 is 1.56 bits per heavy atom. The Hall–Kier alpha value is -0.850. The van der Waals surface area contributed by atoms with Crippen molar-refractivity contribution < 1.29 is 4.39 Å². The maximum atomic E-state index is 13.3. The molecule has 0 unspecified atom stereocenters. The van der Waals surface area contributed by atoms with Crippen LogP contribution in [-0.2, 0) is 0 Å². The van der Waals surface area contributed by atoms with Crippen molar-refractivity contribution in [2.45, 2.75) is 11.8 Å². The third-order valence-electron chi connectivity index (χ3n) is 1.64. The summed E-state index contributed by atoms with van der Waals surface area (Å²) in [5, 5.41) is 2.48. The van der Waals surface area contributed by atoms with Gasteiger partial charge in [0.25, 0.3) is 0 Å². The van der Waals surface area contributed by atoms with Crippen LogP contribution in [0.4, 0.5) is 10.1 Å². The summed E-state index contributed by atoms with van der Waals surface area (Å²) in [5.74, 6) is 5.75. The first-order chi connectivity index (χ1) is 7.69. The van der Waals surface area contributed by atoms with Crippen LogP contribution in [-0.4, -0.2) is 10.9 Å². The molecule has 16 heavy (non-hydrogen) atoms. The molecule has 0 saturated carbocycles. The van der Waals surface area contributed by atoms with E-state index in [0.717, 1.165) is 4.90 Å². The van der Waals surface area contributed by atoms with Crippen LogP contribution >= 0.6 is 35.6 Å². The van der Waals surface area contributed by atoms with E-state index in [1.165, 1.54) is 17.8 Å². The van der Waals surface area contributed by atoms with E-state index in [-0.39, 0.29) is 5.69 Å². The molecular weight excluding hydrogens is 265 g/mol. The third kappa shape index (κ3) is 3.62. The van der Waals surface area contributed by atoms with Gasteiger partial charge in [0.1, 0.15) is 5.69 Å². The van der Waals surface area contributed by atoms with Crippen molar-refractivity contribution in [3.8, 4) is 11.8 Å². The van der Waals surface area contributed by atoms with Crippen molar-refractivity contribution in [2.24, 2.45) is 4.99 Å². The molecule has 0 spiro atoms. The molecule has 0 aromatic heterocycles. The molecule has 82 valence electrons. The van der Waals surface area contributed by atoms with Gasteiger partial charge in [-0.25, -0.2) is 4.39 Å². The van der Waals surface area contributed by atoms with Crippen molar-refractivity contribution in [1.82, 2.24) is 0 Å². The fourth-order valence-corrected chi connectivity index (χ4v) is 2.13. The number of isothiocyanates is 1. The zero-order valence-corrected chi connectivity index (χ0v) is 10.8. The summed E-state index contributed by atoms with van der Waals surface area (Å²) in [6.45, 7) is 1.76. The van der Waals surface area contributed by atoms with E-state index >= 15 is 0 Å². The van der Waals surface area contributed by atoms with E-state index in [1.807, 2.05) is 0 Å². The van der Waals surface area contributed by atoms with Gasteiger partial charge in [-0.15, -0.1) is 17.7 Å². The first-order valence-electron chi connectivity index (χ1n) is 4.28. The number of hydrogen-bond acceptors (Lipinski definition) is 3. The molecule has 0 heterocycles. The average molecular weight is 272 g/mol. The molecule has 0 radical (unpaired) electrons. The Kier molecular flexibility index (Phi) is 5.51. The molecule has 0 bridgehead atoms. The smallest absolute Gasteiger partial charge is 0.151 e. The zero-order valence-electron chi connectivity index (χ0n) is 8.38. The molecule has 1 nitrogen and oxygen atoms in total. The number of hydrogen-bond donors (Lipinski definition) is 0. The average Bonchev–Trinajstić information content (AvgIpc) is 2.25. The predicted molar refractivity (Wildman–Crippen MR) is 70.3 cm³/mol. The van der Waals surface area contributed by atoms with Crippen molar-refractivity contribution >= 4 is 46.4 Å². The summed E-state index contributed by atoms with van der Waals surface area (Å²) in [5.41, 5.74) is 0.145. The SMILES string of the molecule is CC#CCSc1cc(N=C=S)c(F)cc1Cl. The molecule has 0 fully saturated rings. The van der Waals surface area contributed by atoms with Gasteiger partial charge in [0.15, 0.2) is 5.82 Å². The molecule has 0 amide bonds. The van der Waals surface area contributed by atoms with Crippen LogP contribution in [0, 0.1) is 17.7 Å². The van der Waals surface area contributed by atoms with Gasteiger partial charge >= 0.3 is 0 Å². The largest absolute Gasteiger partial charge is 0.205 e. The summed E-state index contributed by atoms with van der Waals surface area (Å²) in [7, 11) is 0. The van der Waals surface area contributed by atoms with Gasteiger partial charge in [-0.3, -0.25) is 0 Å². The minimum atomic E-state index is -0.506. The lowest BCUT2D eigenvalue weighted by Gasteiger charge is -2.03. The van der Waals surface area contributed by atoms with Crippen LogP contribution in [0.3, 0.4) is 0 Å². The quantitative estimate of drug-likeness (QED) is 0.351. The number of thiocarbonyl (C=S) groups is 1. The van der Waals surface area contributed by atoms with Gasteiger partial charge in [0, 0.05) is 4.90 Å². The third-order valence-corrected chi connectivity index (χ3v) is 3.10. The number of rotatable bonds is 3. The highest BCUT2D eigenvalue weighted by molar-refractivity contribution is 7.99. The van der Waals surface area contributed by atoms with E-state index in [9.17, 15) is 4.39 Å². The van der Waals surface area contributed by atoms with Crippen LogP contribution in [0.1, 0.15) is 6.92 Å². The van der Waals surface area contributed by atoms with Crippen molar-refractivity contribution in [3.63, 3.8) is 0 Å². The number of halogens is 2. The Labute approximate surface area is 108 Å². The molecule has 1 aromatic rings. The van der Waals surface area contributed by atoms with Gasteiger partial charge < -0.3 is 0 Å². The minimum Gasteiger partial charge on any atom is -0.205 e. The van der Waals surface area contributed by atoms with E-state index < -0.39 is 5.82 Å². The zero-order chi connectivity index (χ0) is 12.0. The normalized spacial score (nSPS) is 8.94. The number of benzene rings is 1. The summed E-state index contributed by atoms with van der Waals surface area (Å²) >= 11 is 11.7. The Morgan fingerprint density at radius 3 is 2.94 bits per heavy atom. The monoisotopic (exact) mass is 271 g/mol. The van der Waals surface area contributed by atoms with Crippen LogP contribution in [0.15, 0.2) is 22.0 Å². The molecule has 0 atom stereocenters. The van der Waals surface area contributed by atoms with Gasteiger partial charge in [-0.05, 0) is 31.3 Å². The summed E-state index contributed by atoms with van der Waals surface area (Å²) in [4.78, 5) is 4.35. The molecular formula is C11H7ClFNS2. The Bertz CT molecular complexity index is 499. The van der Waals surface area contributed by atoms with Crippen LogP contribution in [0.5, 0.6) is 0 Å². The van der Waals surface area contributed by atoms with Crippen molar-refractivity contribution in [3.05, 3.63) is 23.0 Å². The highest BCUT2D eigenvalue weighted by atomic mass is 35.5. The highest BCUT2D eigenvalue weighted by Gasteiger charge is 2.07. The first kappa shape index (κ1) is 13.2. The van der Waals surface area contributed by atoms with Gasteiger partial charge in [-0.2, -0.15) is 4.99 Å². The maximum Gasteiger partial charge on any atom is 0.151 e. The summed E-state index contributed by atoms with van der Waals surface area (Å²) in [6, 6.07) is 2.76. The molecule has 1 aromatic carbocycles. The molecule has 0 saturated heterocycles. The van der Waals surface area contributed by atoms with Crippen molar-refractivity contribution in [1.29, 1.82) is 0 Å². The predicted octanol–water partition coefficient (Wildman–Crippen LogP) is 4.33. The van der Waals surface area contributed by atoms with E-state index in [4.69, 9.17) is 11.6 Å². The molecule has 0 aliphatic rings. The number of nitrogens with zero attached hydrogens (tertiary/aromatic N) is 1. The second kappa shape index (κ2) is 6.67. The van der Waals surface area contributed by atoms with E-state index in [2.05, 4.69) is 34.2 Å². The van der Waals surface area contributed by atoms with Gasteiger partial charge in [-0.1, -0.05) is 17.5 Å². The topological polar surface area (TPSA) is 12.4 Å². The molecule has 0 N–H and O–H groups in total. The number of aliphatic imine (C=N–C) groups is 1. The fraction of sp³-hybridized carbons (Fsp3) is 0.182. The van der Waals surface area contributed by atoms with E-state index in [0.29, 0.717) is 10.8 Å². The first-order valence-corrected chi connectivity index (χ1v) is 6.05. The van der Waals surface area contributed by atoms with Crippen LogP contribution in [0.2, 0.25) is 5.02 Å². The summed E-state index contributed by atoms with van der Waals surface area (Å²) < 4.78 is 13.3. The number of thioether (sulfide) groups is 1. The molecule has 0 aliphatic heterocycles. The van der Waals surface area contributed by atoms with Crippen LogP contribution < -0.4 is 0 Å². The molecule has 5 heteroatoms. The Morgan fingerprint density at radius 2 is 2.31 bits per heavy atom. The maximum absolute atomic E-state index is 13.3. The minimum absolute atomic E-state index is 0.145. The highest BCUT2D eigenvalue weighted by Crippen LogP contribution is 2.32. The molecule has 0 aliphatic carbocycles. The van der Waals surface area contributed by atoms with E-state index in [1.54, 1.807) is 13.0 Å². The lowest BCUT2D eigenvalue weighted by atomic mass is 10.3. The second-order valence-electron chi connectivity index (χ2n) is 2.65. The molecule has 1 rings (SSSR count). The lowest BCUT2D eigenvalue weighted by Crippen LogP contribution is -1.82. The van der Waals surface area contributed by atoms with Crippen LogP contribution in [0.25, 0.3) is 0 Å². The second-order valence-corrected chi connectivity index (χ2v) is 4.26. The summed E-state index contributed by atoms with van der Waals surface area (Å²) in [6.07, 6.45) is 0. The standard InChI is InChI=1S/C11H7ClFNS2/c1-2-3-4-16-11-6-10(14-7-15)9(13)5-8(11)12/h5-6H,4H2,1H3. The van der Waals surface area contributed by atoms with Gasteiger partial charge in [0.05, 0.1) is 15.9 Å².